The molecule has 0 aliphatic heterocycles. The molecule has 5 nitrogen and oxygen atoms in total. The summed E-state index contributed by atoms with van der Waals surface area (Å²) in [6, 6.07) is 0. The molecule has 0 aromatic carbocycles. The molecule has 0 spiro atoms. The van der Waals surface area contributed by atoms with E-state index < -0.39 is 0 Å². The third-order valence-corrected chi connectivity index (χ3v) is 4.61. The molecule has 0 aliphatic carbocycles. The topological polar surface area (TPSA) is 63.6 Å². The molecule has 0 bridgehead atoms. The summed E-state index contributed by atoms with van der Waals surface area (Å²) in [5.41, 5.74) is 2.80. The Bertz CT molecular complexity index is 890. The molecule has 0 saturated heterocycles. The van der Waals surface area contributed by atoms with Gasteiger partial charge in [-0.2, -0.15) is 0 Å². The smallest absolute Gasteiger partial charge is 0.301 e. The maximum atomic E-state index is 12.4. The van der Waals surface area contributed by atoms with Gasteiger partial charge >= 0.3 is 5.69 Å². The molecule has 3 aromatic heterocycles. The molecule has 21 heavy (non-hydrogen) atoms. The Hall–Kier alpha value is -1.66. The lowest BCUT2D eigenvalue weighted by Crippen LogP contribution is -2.17. The first-order chi connectivity index (χ1) is 9.90. The largest absolute Gasteiger partial charge is 0.332 e. The van der Waals surface area contributed by atoms with Crippen molar-refractivity contribution in [3.8, 4) is 5.69 Å². The average molecular weight is 323 g/mol. The number of fused-ring (bicyclic) bond motifs is 1. The van der Waals surface area contributed by atoms with Gasteiger partial charge in [-0.15, -0.1) is 11.3 Å². The highest BCUT2D eigenvalue weighted by atomic mass is 35.5. The molecule has 110 valence electrons. The van der Waals surface area contributed by atoms with Gasteiger partial charge in [0, 0.05) is 4.88 Å². The second-order valence-electron chi connectivity index (χ2n) is 5.28. The van der Waals surface area contributed by atoms with Gasteiger partial charge in [0.15, 0.2) is 10.8 Å². The fourth-order valence-electron chi connectivity index (χ4n) is 2.42. The van der Waals surface area contributed by atoms with E-state index in [2.05, 4.69) is 34.2 Å². The van der Waals surface area contributed by atoms with Gasteiger partial charge in [-0.05, 0) is 30.7 Å². The predicted octanol–water partition coefficient (Wildman–Crippen LogP) is 3.56. The lowest BCUT2D eigenvalue weighted by atomic mass is 10.0. The molecule has 7 heteroatoms. The molecule has 3 heterocycles. The zero-order chi connectivity index (χ0) is 15.3. The maximum Gasteiger partial charge on any atom is 0.332 e. The van der Waals surface area contributed by atoms with Gasteiger partial charge in [-0.25, -0.2) is 19.3 Å². The molecule has 0 fully saturated rings. The summed E-state index contributed by atoms with van der Waals surface area (Å²) in [4.78, 5) is 24.7. The third-order valence-electron chi connectivity index (χ3n) is 3.42. The minimum absolute atomic E-state index is 0.241. The van der Waals surface area contributed by atoms with Gasteiger partial charge in [0.1, 0.15) is 11.3 Å². The van der Waals surface area contributed by atoms with Crippen LogP contribution in [0.2, 0.25) is 5.15 Å². The standard InChI is InChI=1S/C14H15ClN4OS/c1-6(2)9-5-21-7(3)11(9)19-13-10(18-14(19)20)12(15)16-8(4)17-13/h5-6H,1-4H3,(H,18,20). The van der Waals surface area contributed by atoms with Crippen molar-refractivity contribution in [3.05, 3.63) is 37.3 Å². The quantitative estimate of drug-likeness (QED) is 0.734. The first kappa shape index (κ1) is 14.3. The molecule has 1 N–H and O–H groups in total. The van der Waals surface area contributed by atoms with Crippen LogP contribution in [0.25, 0.3) is 16.9 Å². The molecular formula is C14H15ClN4OS. The van der Waals surface area contributed by atoms with Crippen molar-refractivity contribution in [2.75, 3.05) is 0 Å². The van der Waals surface area contributed by atoms with E-state index in [1.165, 1.54) is 0 Å². The van der Waals surface area contributed by atoms with Crippen molar-refractivity contribution in [1.29, 1.82) is 0 Å². The summed E-state index contributed by atoms with van der Waals surface area (Å²) < 4.78 is 1.61. The van der Waals surface area contributed by atoms with Crippen molar-refractivity contribution >= 4 is 34.1 Å². The normalized spacial score (nSPS) is 11.7. The van der Waals surface area contributed by atoms with E-state index >= 15 is 0 Å². The highest BCUT2D eigenvalue weighted by Gasteiger charge is 2.20. The molecule has 0 unspecified atom stereocenters. The van der Waals surface area contributed by atoms with Gasteiger partial charge in [0.2, 0.25) is 0 Å². The zero-order valence-corrected chi connectivity index (χ0v) is 13.8. The van der Waals surface area contributed by atoms with Crippen LogP contribution < -0.4 is 5.69 Å². The van der Waals surface area contributed by atoms with Crippen LogP contribution in [-0.2, 0) is 0 Å². The van der Waals surface area contributed by atoms with E-state index in [4.69, 9.17) is 11.6 Å². The van der Waals surface area contributed by atoms with E-state index in [0.29, 0.717) is 22.9 Å². The van der Waals surface area contributed by atoms with Crippen LogP contribution in [0.3, 0.4) is 0 Å². The molecule has 0 saturated carbocycles. The number of aromatic nitrogens is 4. The molecule has 0 amide bonds. The minimum Gasteiger partial charge on any atom is -0.301 e. The van der Waals surface area contributed by atoms with E-state index in [-0.39, 0.29) is 10.8 Å². The Labute approximate surface area is 130 Å². The monoisotopic (exact) mass is 322 g/mol. The number of hydrogen-bond donors (Lipinski definition) is 1. The number of nitrogens with zero attached hydrogens (tertiary/aromatic N) is 3. The number of halogens is 1. The van der Waals surface area contributed by atoms with Crippen LogP contribution in [0.1, 0.15) is 36.0 Å². The molecular weight excluding hydrogens is 308 g/mol. The Morgan fingerprint density at radius 1 is 1.33 bits per heavy atom. The Morgan fingerprint density at radius 3 is 2.71 bits per heavy atom. The molecule has 3 rings (SSSR count). The SMILES string of the molecule is Cc1nc(Cl)c2[nH]c(=O)n(-c3c(C(C)C)csc3C)c2n1. The first-order valence-corrected chi connectivity index (χ1v) is 7.89. The van der Waals surface area contributed by atoms with Crippen molar-refractivity contribution in [1.82, 2.24) is 19.5 Å². The number of H-pyrrole nitrogens is 1. The Kier molecular flexibility index (Phi) is 3.37. The van der Waals surface area contributed by atoms with Gasteiger partial charge < -0.3 is 4.98 Å². The lowest BCUT2D eigenvalue weighted by Gasteiger charge is -2.09. The number of aromatic amines is 1. The first-order valence-electron chi connectivity index (χ1n) is 6.63. The summed E-state index contributed by atoms with van der Waals surface area (Å²) in [7, 11) is 0. The van der Waals surface area contributed by atoms with Gasteiger partial charge in [0.05, 0.1) is 5.69 Å². The van der Waals surface area contributed by atoms with Crippen molar-refractivity contribution < 1.29 is 0 Å². The van der Waals surface area contributed by atoms with Crippen LogP contribution in [0.15, 0.2) is 10.2 Å². The average Bonchev–Trinajstić information content (AvgIpc) is 2.90. The number of hydrogen-bond acceptors (Lipinski definition) is 4. The van der Waals surface area contributed by atoms with E-state index in [1.807, 2.05) is 6.92 Å². The third kappa shape index (κ3) is 2.18. The number of imidazole rings is 1. The predicted molar refractivity (Wildman–Crippen MR) is 85.9 cm³/mol. The van der Waals surface area contributed by atoms with Crippen molar-refractivity contribution in [3.63, 3.8) is 0 Å². The highest BCUT2D eigenvalue weighted by Crippen LogP contribution is 2.32. The molecule has 0 aliphatic rings. The number of thiophene rings is 1. The number of nitrogens with one attached hydrogen (secondary N) is 1. The van der Waals surface area contributed by atoms with Gasteiger partial charge in [-0.3, -0.25) is 0 Å². The summed E-state index contributed by atoms with van der Waals surface area (Å²) in [5.74, 6) is 0.861. The maximum absolute atomic E-state index is 12.4. The lowest BCUT2D eigenvalue weighted by molar-refractivity contribution is 0.846. The second-order valence-corrected chi connectivity index (χ2v) is 6.72. The molecule has 0 atom stereocenters. The molecule has 0 radical (unpaired) electrons. The minimum atomic E-state index is -0.241. The van der Waals surface area contributed by atoms with E-state index in [1.54, 1.807) is 22.8 Å². The van der Waals surface area contributed by atoms with Crippen LogP contribution in [0.5, 0.6) is 0 Å². The highest BCUT2D eigenvalue weighted by molar-refractivity contribution is 7.10. The van der Waals surface area contributed by atoms with Crippen LogP contribution in [-0.4, -0.2) is 19.5 Å². The molecule has 3 aromatic rings. The second kappa shape index (κ2) is 4.96. The van der Waals surface area contributed by atoms with Crippen molar-refractivity contribution in [2.45, 2.75) is 33.6 Å². The van der Waals surface area contributed by atoms with E-state index in [9.17, 15) is 4.79 Å². The summed E-state index contributed by atoms with van der Waals surface area (Å²) in [5, 5.41) is 2.36. The Morgan fingerprint density at radius 2 is 2.05 bits per heavy atom. The fraction of sp³-hybridized carbons (Fsp3) is 0.357. The number of rotatable bonds is 2. The van der Waals surface area contributed by atoms with Crippen LogP contribution >= 0.6 is 22.9 Å². The van der Waals surface area contributed by atoms with Gasteiger partial charge in [-0.1, -0.05) is 25.4 Å². The van der Waals surface area contributed by atoms with E-state index in [0.717, 1.165) is 16.1 Å². The zero-order valence-electron chi connectivity index (χ0n) is 12.2. The van der Waals surface area contributed by atoms with Gasteiger partial charge in [0.25, 0.3) is 0 Å². The van der Waals surface area contributed by atoms with Crippen LogP contribution in [0.4, 0.5) is 0 Å². The number of aryl methyl sites for hydroxylation is 2. The summed E-state index contributed by atoms with van der Waals surface area (Å²) >= 11 is 7.75. The fourth-order valence-corrected chi connectivity index (χ4v) is 3.69. The summed E-state index contributed by atoms with van der Waals surface area (Å²) in [6.07, 6.45) is 0. The van der Waals surface area contributed by atoms with Crippen molar-refractivity contribution in [2.24, 2.45) is 0 Å². The summed E-state index contributed by atoms with van der Waals surface area (Å²) in [6.45, 7) is 7.99. The van der Waals surface area contributed by atoms with Crippen LogP contribution in [0, 0.1) is 13.8 Å². The Balaban J connectivity index is 2.44.